The number of hydrogen-bond donors (Lipinski definition) is 1. The molecule has 0 spiro atoms. The minimum absolute atomic E-state index is 0.180. The summed E-state index contributed by atoms with van der Waals surface area (Å²) in [6.07, 6.45) is 0. The first-order chi connectivity index (χ1) is 9.44. The van der Waals surface area contributed by atoms with Crippen LogP contribution in [0.3, 0.4) is 0 Å². The van der Waals surface area contributed by atoms with E-state index in [2.05, 4.69) is 4.72 Å². The Morgan fingerprint density at radius 2 is 1.80 bits per heavy atom. The number of aryl methyl sites for hydroxylation is 1. The van der Waals surface area contributed by atoms with Gasteiger partial charge in [-0.05, 0) is 36.8 Å². The fourth-order valence-corrected chi connectivity index (χ4v) is 3.23. The molecule has 20 heavy (non-hydrogen) atoms. The van der Waals surface area contributed by atoms with Crippen molar-refractivity contribution in [2.45, 2.75) is 11.8 Å². The molecule has 106 valence electrons. The molecule has 0 saturated carbocycles. The Hall–Kier alpha value is -1.72. The molecule has 2 aromatic rings. The van der Waals surface area contributed by atoms with E-state index in [1.807, 2.05) is 0 Å². The number of rotatable bonds is 4. The molecule has 0 fully saturated rings. The van der Waals surface area contributed by atoms with E-state index < -0.39 is 10.0 Å². The van der Waals surface area contributed by atoms with Crippen LogP contribution < -0.4 is 9.46 Å². The van der Waals surface area contributed by atoms with Gasteiger partial charge in [-0.3, -0.25) is 4.72 Å². The largest absolute Gasteiger partial charge is 0.494 e. The highest BCUT2D eigenvalue weighted by Gasteiger charge is 2.17. The Labute approximate surface area is 123 Å². The number of hydrogen-bond acceptors (Lipinski definition) is 3. The van der Waals surface area contributed by atoms with Gasteiger partial charge in [0, 0.05) is 5.02 Å². The Morgan fingerprint density at radius 3 is 2.40 bits per heavy atom. The summed E-state index contributed by atoms with van der Waals surface area (Å²) in [5, 5.41) is 0.439. The van der Waals surface area contributed by atoms with Gasteiger partial charge in [-0.25, -0.2) is 8.42 Å². The van der Waals surface area contributed by atoms with E-state index in [1.54, 1.807) is 31.2 Å². The molecule has 0 aromatic heterocycles. The first-order valence-corrected chi connectivity index (χ1v) is 7.72. The molecule has 0 unspecified atom stereocenters. The Bertz CT molecular complexity index is 715. The maximum absolute atomic E-state index is 12.3. The lowest BCUT2D eigenvalue weighted by molar-refractivity contribution is 0.414. The van der Waals surface area contributed by atoms with Crippen LogP contribution in [-0.4, -0.2) is 15.5 Å². The summed E-state index contributed by atoms with van der Waals surface area (Å²) in [7, 11) is -2.19. The lowest BCUT2D eigenvalue weighted by atomic mass is 10.2. The molecule has 0 saturated heterocycles. The molecule has 6 heteroatoms. The van der Waals surface area contributed by atoms with Crippen LogP contribution in [0, 0.1) is 6.92 Å². The fourth-order valence-electron chi connectivity index (χ4n) is 1.88. The van der Waals surface area contributed by atoms with Crippen molar-refractivity contribution >= 4 is 27.3 Å². The Kier molecular flexibility index (Phi) is 4.20. The van der Waals surface area contributed by atoms with Gasteiger partial charge in [-0.15, -0.1) is 0 Å². The van der Waals surface area contributed by atoms with E-state index in [1.165, 1.54) is 25.3 Å². The smallest absolute Gasteiger partial charge is 0.262 e. The van der Waals surface area contributed by atoms with E-state index >= 15 is 0 Å². The number of ether oxygens (including phenoxy) is 1. The summed E-state index contributed by atoms with van der Waals surface area (Å²) in [5.74, 6) is 0.453. The van der Waals surface area contributed by atoms with Crippen LogP contribution in [0.2, 0.25) is 5.02 Å². The number of methoxy groups -OCH3 is 1. The normalized spacial score (nSPS) is 11.2. The maximum Gasteiger partial charge on any atom is 0.262 e. The quantitative estimate of drug-likeness (QED) is 0.940. The molecule has 0 amide bonds. The highest BCUT2D eigenvalue weighted by Crippen LogP contribution is 2.33. The minimum Gasteiger partial charge on any atom is -0.494 e. The third kappa shape index (κ3) is 3.05. The molecule has 2 aromatic carbocycles. The third-order valence-corrected chi connectivity index (χ3v) is 4.34. The van der Waals surface area contributed by atoms with Crippen LogP contribution in [0.25, 0.3) is 0 Å². The van der Waals surface area contributed by atoms with Crippen molar-refractivity contribution in [1.82, 2.24) is 0 Å². The molecule has 0 atom stereocenters. The predicted molar refractivity (Wildman–Crippen MR) is 80.0 cm³/mol. The zero-order chi connectivity index (χ0) is 14.8. The van der Waals surface area contributed by atoms with E-state index in [0.29, 0.717) is 16.5 Å². The average molecular weight is 312 g/mol. The molecule has 0 aliphatic carbocycles. The molecule has 2 rings (SSSR count). The molecule has 0 radical (unpaired) electrons. The maximum atomic E-state index is 12.3. The SMILES string of the molecule is COc1c(C)cc(Cl)cc1NS(=O)(=O)c1ccccc1. The van der Waals surface area contributed by atoms with E-state index in [9.17, 15) is 8.42 Å². The lowest BCUT2D eigenvalue weighted by Crippen LogP contribution is -2.13. The highest BCUT2D eigenvalue weighted by atomic mass is 35.5. The standard InChI is InChI=1S/C14H14ClNO3S/c1-10-8-11(15)9-13(14(10)19-2)16-20(17,18)12-6-4-3-5-7-12/h3-9,16H,1-2H3. The zero-order valence-electron chi connectivity index (χ0n) is 11.1. The van der Waals surface area contributed by atoms with Crippen molar-refractivity contribution in [3.8, 4) is 5.75 Å². The zero-order valence-corrected chi connectivity index (χ0v) is 12.6. The van der Waals surface area contributed by atoms with Gasteiger partial charge in [0.2, 0.25) is 0 Å². The molecule has 0 aliphatic heterocycles. The summed E-state index contributed by atoms with van der Waals surface area (Å²) < 4.78 is 32.3. The van der Waals surface area contributed by atoms with Gasteiger partial charge in [0.05, 0.1) is 17.7 Å². The third-order valence-electron chi connectivity index (χ3n) is 2.74. The van der Waals surface area contributed by atoms with Crippen LogP contribution in [0.1, 0.15) is 5.56 Å². The second-order valence-electron chi connectivity index (χ2n) is 4.22. The van der Waals surface area contributed by atoms with Crippen LogP contribution in [0.4, 0.5) is 5.69 Å². The number of anilines is 1. The number of benzene rings is 2. The second-order valence-corrected chi connectivity index (χ2v) is 6.34. The van der Waals surface area contributed by atoms with Crippen molar-refractivity contribution in [1.29, 1.82) is 0 Å². The van der Waals surface area contributed by atoms with Gasteiger partial charge >= 0.3 is 0 Å². The molecule has 1 N–H and O–H groups in total. The molecule has 0 heterocycles. The van der Waals surface area contributed by atoms with Crippen molar-refractivity contribution in [2.24, 2.45) is 0 Å². The summed E-state index contributed by atoms with van der Waals surface area (Å²) in [6.45, 7) is 1.80. The van der Waals surface area contributed by atoms with E-state index in [0.717, 1.165) is 5.56 Å². The van der Waals surface area contributed by atoms with Crippen molar-refractivity contribution < 1.29 is 13.2 Å². The van der Waals surface area contributed by atoms with E-state index in [-0.39, 0.29) is 4.90 Å². The summed E-state index contributed by atoms with van der Waals surface area (Å²) in [5.41, 5.74) is 1.08. The van der Waals surface area contributed by atoms with Crippen LogP contribution in [-0.2, 0) is 10.0 Å². The Morgan fingerprint density at radius 1 is 1.15 bits per heavy atom. The molecular weight excluding hydrogens is 298 g/mol. The van der Waals surface area contributed by atoms with Gasteiger partial charge in [0.15, 0.2) is 0 Å². The molecule has 0 bridgehead atoms. The number of nitrogens with one attached hydrogen (secondary N) is 1. The van der Waals surface area contributed by atoms with Crippen LogP contribution >= 0.6 is 11.6 Å². The molecular formula is C14H14ClNO3S. The molecule has 0 aliphatic rings. The van der Waals surface area contributed by atoms with Gasteiger partial charge in [-0.2, -0.15) is 0 Å². The van der Waals surface area contributed by atoms with Crippen LogP contribution in [0.5, 0.6) is 5.75 Å². The lowest BCUT2D eigenvalue weighted by Gasteiger charge is -2.14. The average Bonchev–Trinajstić information content (AvgIpc) is 2.39. The van der Waals surface area contributed by atoms with Gasteiger partial charge in [0.25, 0.3) is 10.0 Å². The highest BCUT2D eigenvalue weighted by molar-refractivity contribution is 7.92. The first-order valence-electron chi connectivity index (χ1n) is 5.86. The second kappa shape index (κ2) is 5.73. The predicted octanol–water partition coefficient (Wildman–Crippen LogP) is 3.46. The monoisotopic (exact) mass is 311 g/mol. The van der Waals surface area contributed by atoms with Gasteiger partial charge in [-0.1, -0.05) is 29.8 Å². The fraction of sp³-hybridized carbons (Fsp3) is 0.143. The first kappa shape index (κ1) is 14.7. The van der Waals surface area contributed by atoms with Crippen molar-refractivity contribution in [3.05, 3.63) is 53.1 Å². The van der Waals surface area contributed by atoms with Crippen molar-refractivity contribution in [3.63, 3.8) is 0 Å². The Balaban J connectivity index is 2.45. The van der Waals surface area contributed by atoms with E-state index in [4.69, 9.17) is 16.3 Å². The summed E-state index contributed by atoms with van der Waals surface area (Å²) in [6, 6.07) is 11.3. The van der Waals surface area contributed by atoms with Gasteiger partial charge in [0.1, 0.15) is 5.75 Å². The summed E-state index contributed by atoms with van der Waals surface area (Å²) in [4.78, 5) is 0.180. The molecule has 4 nitrogen and oxygen atoms in total. The van der Waals surface area contributed by atoms with Crippen LogP contribution in [0.15, 0.2) is 47.4 Å². The minimum atomic E-state index is -3.67. The number of sulfonamides is 1. The van der Waals surface area contributed by atoms with Crippen molar-refractivity contribution in [2.75, 3.05) is 11.8 Å². The van der Waals surface area contributed by atoms with Gasteiger partial charge < -0.3 is 4.74 Å². The topological polar surface area (TPSA) is 55.4 Å². The summed E-state index contributed by atoms with van der Waals surface area (Å²) >= 11 is 5.96. The number of halogens is 1.